The van der Waals surface area contributed by atoms with E-state index < -0.39 is 5.82 Å². The molecule has 2 nitrogen and oxygen atoms in total. The third kappa shape index (κ3) is 1.38. The minimum absolute atomic E-state index is 0.0278. The molecule has 0 heterocycles. The number of hydrogen-bond donors (Lipinski definition) is 1. The zero-order valence-corrected chi connectivity index (χ0v) is 8.08. The lowest BCUT2D eigenvalue weighted by molar-refractivity contribution is 0.621. The molecule has 12 heavy (non-hydrogen) atoms. The summed E-state index contributed by atoms with van der Waals surface area (Å²) in [5, 5.41) is 8.61. The summed E-state index contributed by atoms with van der Waals surface area (Å²) in [5.41, 5.74) is 5.53. The molecule has 0 amide bonds. The molecule has 0 saturated heterocycles. The maximum atomic E-state index is 12.9. The molecular weight excluding hydrogens is 246 g/mol. The largest absolute Gasteiger partial charge is 0.396 e. The zero-order valence-electron chi connectivity index (χ0n) is 5.74. The van der Waals surface area contributed by atoms with Gasteiger partial charge in [0.05, 0.1) is 20.7 Å². The van der Waals surface area contributed by atoms with Crippen molar-refractivity contribution in [2.45, 2.75) is 0 Å². The van der Waals surface area contributed by atoms with E-state index >= 15 is 0 Å². The summed E-state index contributed by atoms with van der Waals surface area (Å²) < 4.78 is 12.9. The van der Waals surface area contributed by atoms with Gasteiger partial charge in [-0.15, -0.1) is 0 Å². The molecule has 0 aromatic heterocycles. The van der Waals surface area contributed by atoms with E-state index in [0.717, 1.165) is 6.07 Å². The molecule has 62 valence electrons. The molecule has 1 rings (SSSR count). The number of halogens is 3. The highest BCUT2D eigenvalue weighted by Crippen LogP contribution is 2.31. The molecule has 1 aromatic carbocycles. The molecular formula is C7H3BrClFN2. The fourth-order valence-corrected chi connectivity index (χ4v) is 1.33. The van der Waals surface area contributed by atoms with Gasteiger partial charge in [0.2, 0.25) is 0 Å². The lowest BCUT2D eigenvalue weighted by Gasteiger charge is -2.03. The van der Waals surface area contributed by atoms with Crippen molar-refractivity contribution in [1.29, 1.82) is 5.26 Å². The van der Waals surface area contributed by atoms with Crippen molar-refractivity contribution in [2.75, 3.05) is 5.73 Å². The second-order valence-electron chi connectivity index (χ2n) is 2.05. The normalized spacial score (nSPS) is 9.50. The number of nitrogen functional groups attached to an aromatic ring is 1. The molecule has 0 bridgehead atoms. The predicted octanol–water partition coefficient (Wildman–Crippen LogP) is 2.70. The SMILES string of the molecule is N#Cc1c(N)c(Cl)cc(F)c1Br. The third-order valence-corrected chi connectivity index (χ3v) is 2.41. The van der Waals surface area contributed by atoms with Gasteiger partial charge in [0, 0.05) is 0 Å². The maximum absolute atomic E-state index is 12.9. The summed E-state index contributed by atoms with van der Waals surface area (Å²) in [6, 6.07) is 2.81. The molecule has 0 unspecified atom stereocenters. The number of nitriles is 1. The molecule has 0 aliphatic rings. The summed E-state index contributed by atoms with van der Waals surface area (Å²) in [6.07, 6.45) is 0. The number of anilines is 1. The van der Waals surface area contributed by atoms with Gasteiger partial charge in [-0.2, -0.15) is 5.26 Å². The van der Waals surface area contributed by atoms with E-state index in [1.807, 2.05) is 0 Å². The Morgan fingerprint density at radius 1 is 1.67 bits per heavy atom. The van der Waals surface area contributed by atoms with Crippen molar-refractivity contribution in [2.24, 2.45) is 0 Å². The zero-order chi connectivity index (χ0) is 9.30. The Morgan fingerprint density at radius 2 is 2.25 bits per heavy atom. The first-order valence-corrected chi connectivity index (χ1v) is 4.08. The second-order valence-corrected chi connectivity index (χ2v) is 3.25. The Bertz CT molecular complexity index is 346. The third-order valence-electron chi connectivity index (χ3n) is 1.32. The van der Waals surface area contributed by atoms with Gasteiger partial charge < -0.3 is 5.73 Å². The quantitative estimate of drug-likeness (QED) is 0.568. The predicted molar refractivity (Wildman–Crippen MR) is 48.2 cm³/mol. The first-order valence-electron chi connectivity index (χ1n) is 2.91. The lowest BCUT2D eigenvalue weighted by atomic mass is 10.2. The summed E-state index contributed by atoms with van der Waals surface area (Å²) in [4.78, 5) is 0. The molecule has 0 spiro atoms. The summed E-state index contributed by atoms with van der Waals surface area (Å²) >= 11 is 8.42. The molecule has 1 aromatic rings. The van der Waals surface area contributed by atoms with Crippen LogP contribution in [-0.2, 0) is 0 Å². The average molecular weight is 249 g/mol. The van der Waals surface area contributed by atoms with E-state index in [4.69, 9.17) is 22.6 Å². The van der Waals surface area contributed by atoms with Crippen LogP contribution in [0.4, 0.5) is 10.1 Å². The summed E-state index contributed by atoms with van der Waals surface area (Å²) in [5.74, 6) is -0.592. The number of nitrogens with two attached hydrogens (primary N) is 1. The van der Waals surface area contributed by atoms with Crippen LogP contribution in [0.3, 0.4) is 0 Å². The number of nitrogens with zero attached hydrogens (tertiary/aromatic N) is 1. The average Bonchev–Trinajstić information content (AvgIpc) is 2.02. The van der Waals surface area contributed by atoms with Crippen LogP contribution < -0.4 is 5.73 Å². The van der Waals surface area contributed by atoms with E-state index in [9.17, 15) is 4.39 Å². The van der Waals surface area contributed by atoms with Gasteiger partial charge in [0.15, 0.2) is 0 Å². The van der Waals surface area contributed by atoms with Crippen molar-refractivity contribution < 1.29 is 4.39 Å². The van der Waals surface area contributed by atoms with Crippen LogP contribution in [0.5, 0.6) is 0 Å². The smallest absolute Gasteiger partial charge is 0.140 e. The molecule has 0 atom stereocenters. The fraction of sp³-hybridized carbons (Fsp3) is 0. The Balaban J connectivity index is 3.56. The molecule has 0 aliphatic carbocycles. The summed E-state index contributed by atoms with van der Waals surface area (Å²) in [7, 11) is 0. The minimum atomic E-state index is -0.592. The van der Waals surface area contributed by atoms with Crippen LogP contribution in [0, 0.1) is 17.1 Å². The Morgan fingerprint density at radius 3 is 2.75 bits per heavy atom. The Labute approximate surface area is 81.9 Å². The number of benzene rings is 1. The standard InChI is InChI=1S/C7H3BrClFN2/c8-6-3(2-11)7(12)4(9)1-5(6)10/h1H,12H2. The van der Waals surface area contributed by atoms with E-state index in [1.54, 1.807) is 6.07 Å². The molecule has 5 heteroatoms. The van der Waals surface area contributed by atoms with Gasteiger partial charge in [0.25, 0.3) is 0 Å². The second kappa shape index (κ2) is 3.30. The molecule has 2 N–H and O–H groups in total. The molecule has 0 aliphatic heterocycles. The van der Waals surface area contributed by atoms with E-state index in [0.29, 0.717) is 0 Å². The number of rotatable bonds is 0. The fourth-order valence-electron chi connectivity index (χ4n) is 0.719. The van der Waals surface area contributed by atoms with Gasteiger partial charge in [-0.05, 0) is 22.0 Å². The van der Waals surface area contributed by atoms with Crippen LogP contribution in [0.1, 0.15) is 5.56 Å². The first-order chi connectivity index (χ1) is 5.57. The van der Waals surface area contributed by atoms with E-state index in [-0.39, 0.29) is 20.7 Å². The van der Waals surface area contributed by atoms with E-state index in [2.05, 4.69) is 15.9 Å². The van der Waals surface area contributed by atoms with Gasteiger partial charge in [0.1, 0.15) is 11.9 Å². The highest BCUT2D eigenvalue weighted by molar-refractivity contribution is 9.10. The Kier molecular flexibility index (Phi) is 2.55. The summed E-state index contributed by atoms with van der Waals surface area (Å²) in [6.45, 7) is 0. The number of hydrogen-bond acceptors (Lipinski definition) is 2. The van der Waals surface area contributed by atoms with Crippen LogP contribution in [0.2, 0.25) is 5.02 Å². The van der Waals surface area contributed by atoms with E-state index in [1.165, 1.54) is 0 Å². The van der Waals surface area contributed by atoms with Gasteiger partial charge in [-0.1, -0.05) is 11.6 Å². The highest BCUT2D eigenvalue weighted by Gasteiger charge is 2.12. The van der Waals surface area contributed by atoms with Crippen molar-refractivity contribution >= 4 is 33.2 Å². The molecule has 0 saturated carbocycles. The van der Waals surface area contributed by atoms with Crippen molar-refractivity contribution in [3.8, 4) is 6.07 Å². The highest BCUT2D eigenvalue weighted by atomic mass is 79.9. The van der Waals surface area contributed by atoms with Gasteiger partial charge in [-0.3, -0.25) is 0 Å². The van der Waals surface area contributed by atoms with Crippen LogP contribution in [0.15, 0.2) is 10.5 Å². The minimum Gasteiger partial charge on any atom is -0.396 e. The topological polar surface area (TPSA) is 49.8 Å². The first kappa shape index (κ1) is 9.30. The lowest BCUT2D eigenvalue weighted by Crippen LogP contribution is -1.95. The van der Waals surface area contributed by atoms with Crippen molar-refractivity contribution in [3.05, 3.63) is 26.9 Å². The van der Waals surface area contributed by atoms with Crippen molar-refractivity contribution in [1.82, 2.24) is 0 Å². The molecule has 0 fully saturated rings. The van der Waals surface area contributed by atoms with Crippen LogP contribution in [-0.4, -0.2) is 0 Å². The molecule has 0 radical (unpaired) electrons. The van der Waals surface area contributed by atoms with Gasteiger partial charge in [-0.25, -0.2) is 4.39 Å². The van der Waals surface area contributed by atoms with Crippen molar-refractivity contribution in [3.63, 3.8) is 0 Å². The maximum Gasteiger partial charge on any atom is 0.140 e. The monoisotopic (exact) mass is 248 g/mol. The van der Waals surface area contributed by atoms with Crippen LogP contribution in [0.25, 0.3) is 0 Å². The van der Waals surface area contributed by atoms with Gasteiger partial charge >= 0.3 is 0 Å². The van der Waals surface area contributed by atoms with Crippen LogP contribution >= 0.6 is 27.5 Å². The Hall–Kier alpha value is -0.790.